The molecule has 0 amide bonds. The second-order valence-electron chi connectivity index (χ2n) is 3.08. The number of methoxy groups -OCH3 is 1. The summed E-state index contributed by atoms with van der Waals surface area (Å²) in [5, 5.41) is 3.19. The van der Waals surface area contributed by atoms with Crippen LogP contribution in [0.2, 0.25) is 0 Å². The number of nitrogens with two attached hydrogens (primary N) is 1. The van der Waals surface area contributed by atoms with Gasteiger partial charge in [-0.1, -0.05) is 0 Å². The maximum Gasteiger partial charge on any atom is 0.121 e. The lowest BCUT2D eigenvalue weighted by atomic mass is 10.2. The molecular formula is C11H18N2O2. The molecule has 0 unspecified atom stereocenters. The van der Waals surface area contributed by atoms with Gasteiger partial charge in [-0.2, -0.15) is 0 Å². The lowest BCUT2D eigenvalue weighted by molar-refractivity contribution is 0.158. The molecule has 4 nitrogen and oxygen atoms in total. The Kier molecular flexibility index (Phi) is 4.77. The van der Waals surface area contributed by atoms with E-state index in [1.54, 1.807) is 7.11 Å². The van der Waals surface area contributed by atoms with Crippen LogP contribution in [-0.4, -0.2) is 26.9 Å². The quantitative estimate of drug-likeness (QED) is 0.554. The van der Waals surface area contributed by atoms with Crippen LogP contribution in [0.15, 0.2) is 18.2 Å². The molecule has 0 bridgehead atoms. The fourth-order valence-corrected chi connectivity index (χ4v) is 1.22. The molecule has 0 fully saturated rings. The minimum atomic E-state index is 0.674. The largest absolute Gasteiger partial charge is 0.497 e. The number of nitrogens with one attached hydrogen (secondary N) is 1. The van der Waals surface area contributed by atoms with Gasteiger partial charge in [0.2, 0.25) is 0 Å². The highest BCUT2D eigenvalue weighted by molar-refractivity contribution is 5.68. The van der Waals surface area contributed by atoms with Crippen molar-refractivity contribution in [1.82, 2.24) is 0 Å². The molecule has 84 valence electrons. The highest BCUT2D eigenvalue weighted by Gasteiger charge is 2.00. The van der Waals surface area contributed by atoms with Crippen molar-refractivity contribution in [2.75, 3.05) is 37.9 Å². The summed E-state index contributed by atoms with van der Waals surface area (Å²) in [6.07, 6.45) is 0. The monoisotopic (exact) mass is 210 g/mol. The summed E-state index contributed by atoms with van der Waals surface area (Å²) in [6, 6.07) is 5.53. The van der Waals surface area contributed by atoms with Gasteiger partial charge < -0.3 is 20.5 Å². The first kappa shape index (κ1) is 11.7. The van der Waals surface area contributed by atoms with E-state index in [1.807, 2.05) is 25.1 Å². The van der Waals surface area contributed by atoms with Crippen molar-refractivity contribution >= 4 is 11.4 Å². The Morgan fingerprint density at radius 1 is 1.40 bits per heavy atom. The fraction of sp³-hybridized carbons (Fsp3) is 0.455. The first-order valence-corrected chi connectivity index (χ1v) is 5.03. The molecule has 3 N–H and O–H groups in total. The van der Waals surface area contributed by atoms with Crippen molar-refractivity contribution in [2.45, 2.75) is 6.92 Å². The van der Waals surface area contributed by atoms with E-state index in [4.69, 9.17) is 15.2 Å². The van der Waals surface area contributed by atoms with Crippen LogP contribution in [0.4, 0.5) is 11.4 Å². The normalized spacial score (nSPS) is 10.0. The van der Waals surface area contributed by atoms with Crippen LogP contribution in [0.25, 0.3) is 0 Å². The average Bonchev–Trinajstić information content (AvgIpc) is 2.26. The molecule has 1 aromatic carbocycles. The van der Waals surface area contributed by atoms with Gasteiger partial charge in [0.1, 0.15) is 5.75 Å². The Bertz CT molecular complexity index is 303. The minimum Gasteiger partial charge on any atom is -0.497 e. The second kappa shape index (κ2) is 6.14. The van der Waals surface area contributed by atoms with Gasteiger partial charge in [0.05, 0.1) is 25.1 Å². The average molecular weight is 210 g/mol. The van der Waals surface area contributed by atoms with E-state index in [0.717, 1.165) is 24.6 Å². The van der Waals surface area contributed by atoms with E-state index in [9.17, 15) is 0 Å². The molecule has 0 spiro atoms. The van der Waals surface area contributed by atoms with Crippen LogP contribution in [0.3, 0.4) is 0 Å². The number of hydrogen-bond donors (Lipinski definition) is 2. The van der Waals surface area contributed by atoms with Crippen molar-refractivity contribution in [3.8, 4) is 5.75 Å². The maximum absolute atomic E-state index is 5.80. The lowest BCUT2D eigenvalue weighted by Gasteiger charge is -2.10. The highest BCUT2D eigenvalue weighted by Crippen LogP contribution is 2.23. The molecular weight excluding hydrogens is 192 g/mol. The van der Waals surface area contributed by atoms with Gasteiger partial charge in [0.15, 0.2) is 0 Å². The molecule has 4 heteroatoms. The molecule has 0 aromatic heterocycles. The molecule has 0 radical (unpaired) electrons. The van der Waals surface area contributed by atoms with Crippen LogP contribution in [0.1, 0.15) is 6.92 Å². The second-order valence-corrected chi connectivity index (χ2v) is 3.08. The first-order chi connectivity index (χ1) is 7.27. The third-order valence-electron chi connectivity index (χ3n) is 2.03. The summed E-state index contributed by atoms with van der Waals surface area (Å²) >= 11 is 0. The number of rotatable bonds is 6. The van der Waals surface area contributed by atoms with Gasteiger partial charge >= 0.3 is 0 Å². The standard InChI is InChI=1S/C11H18N2O2/c1-3-15-7-6-13-11-8-9(14-2)4-5-10(11)12/h4-5,8,13H,3,6-7,12H2,1-2H3. The van der Waals surface area contributed by atoms with Crippen molar-refractivity contribution in [3.63, 3.8) is 0 Å². The summed E-state index contributed by atoms with van der Waals surface area (Å²) in [7, 11) is 1.63. The van der Waals surface area contributed by atoms with Crippen LogP contribution in [0.5, 0.6) is 5.75 Å². The Morgan fingerprint density at radius 3 is 2.87 bits per heavy atom. The Balaban J connectivity index is 2.51. The van der Waals surface area contributed by atoms with Crippen LogP contribution in [0, 0.1) is 0 Å². The highest BCUT2D eigenvalue weighted by atomic mass is 16.5. The smallest absolute Gasteiger partial charge is 0.121 e. The molecule has 0 aliphatic heterocycles. The third kappa shape index (κ3) is 3.67. The van der Waals surface area contributed by atoms with Gasteiger partial charge in [-0.05, 0) is 19.1 Å². The van der Waals surface area contributed by atoms with Gasteiger partial charge in [0, 0.05) is 19.2 Å². The van der Waals surface area contributed by atoms with E-state index in [0.29, 0.717) is 12.3 Å². The van der Waals surface area contributed by atoms with E-state index >= 15 is 0 Å². The van der Waals surface area contributed by atoms with Crippen molar-refractivity contribution in [2.24, 2.45) is 0 Å². The minimum absolute atomic E-state index is 0.674. The zero-order valence-corrected chi connectivity index (χ0v) is 9.25. The molecule has 0 saturated heterocycles. The van der Waals surface area contributed by atoms with Crippen LogP contribution < -0.4 is 15.8 Å². The molecule has 1 aromatic rings. The van der Waals surface area contributed by atoms with E-state index < -0.39 is 0 Å². The molecule has 0 aliphatic rings. The maximum atomic E-state index is 5.80. The predicted octanol–water partition coefficient (Wildman–Crippen LogP) is 1.73. The Labute approximate surface area is 90.4 Å². The fourth-order valence-electron chi connectivity index (χ4n) is 1.22. The molecule has 15 heavy (non-hydrogen) atoms. The van der Waals surface area contributed by atoms with Crippen molar-refractivity contribution in [3.05, 3.63) is 18.2 Å². The van der Waals surface area contributed by atoms with Gasteiger partial charge in [-0.25, -0.2) is 0 Å². The number of anilines is 2. The summed E-state index contributed by atoms with van der Waals surface area (Å²) in [5.41, 5.74) is 7.40. The Morgan fingerprint density at radius 2 is 2.20 bits per heavy atom. The van der Waals surface area contributed by atoms with E-state index in [2.05, 4.69) is 5.32 Å². The number of nitrogen functional groups attached to an aromatic ring is 1. The molecule has 0 atom stereocenters. The lowest BCUT2D eigenvalue weighted by Crippen LogP contribution is -2.10. The first-order valence-electron chi connectivity index (χ1n) is 5.03. The number of hydrogen-bond acceptors (Lipinski definition) is 4. The summed E-state index contributed by atoms with van der Waals surface area (Å²) in [6.45, 7) is 4.12. The molecule has 0 saturated carbocycles. The SMILES string of the molecule is CCOCCNc1cc(OC)ccc1N. The van der Waals surface area contributed by atoms with Crippen molar-refractivity contribution in [1.29, 1.82) is 0 Å². The van der Waals surface area contributed by atoms with Crippen molar-refractivity contribution < 1.29 is 9.47 Å². The zero-order chi connectivity index (χ0) is 11.1. The predicted molar refractivity (Wildman–Crippen MR) is 62.4 cm³/mol. The number of benzene rings is 1. The Hall–Kier alpha value is -1.42. The summed E-state index contributed by atoms with van der Waals surface area (Å²) < 4.78 is 10.3. The zero-order valence-electron chi connectivity index (χ0n) is 9.25. The summed E-state index contributed by atoms with van der Waals surface area (Å²) in [5.74, 6) is 0.795. The van der Waals surface area contributed by atoms with Gasteiger partial charge in [-0.3, -0.25) is 0 Å². The molecule has 0 heterocycles. The molecule has 0 aliphatic carbocycles. The van der Waals surface area contributed by atoms with Gasteiger partial charge in [0.25, 0.3) is 0 Å². The van der Waals surface area contributed by atoms with Gasteiger partial charge in [-0.15, -0.1) is 0 Å². The molecule has 1 rings (SSSR count). The van der Waals surface area contributed by atoms with E-state index in [-0.39, 0.29) is 0 Å². The topological polar surface area (TPSA) is 56.5 Å². The number of ether oxygens (including phenoxy) is 2. The van der Waals surface area contributed by atoms with E-state index in [1.165, 1.54) is 0 Å². The van der Waals surface area contributed by atoms with Crippen LogP contribution in [-0.2, 0) is 4.74 Å². The third-order valence-corrected chi connectivity index (χ3v) is 2.03. The van der Waals surface area contributed by atoms with Crippen LogP contribution >= 0.6 is 0 Å². The summed E-state index contributed by atoms with van der Waals surface area (Å²) in [4.78, 5) is 0.